The van der Waals surface area contributed by atoms with Crippen molar-refractivity contribution in [2.75, 3.05) is 6.61 Å². The van der Waals surface area contributed by atoms with Crippen molar-refractivity contribution in [2.24, 2.45) is 5.41 Å². The highest BCUT2D eigenvalue weighted by molar-refractivity contribution is 5.89. The Labute approximate surface area is 129 Å². The third-order valence-corrected chi connectivity index (χ3v) is 3.11. The van der Waals surface area contributed by atoms with Gasteiger partial charge >= 0.3 is 0 Å². The SMILES string of the molecule is CC(C)(C)C(=O)NNC(=O)COc1cccc2ccccc12. The van der Waals surface area contributed by atoms with Gasteiger partial charge in [0.2, 0.25) is 5.91 Å². The first-order chi connectivity index (χ1) is 10.4. The Morgan fingerprint density at radius 2 is 1.68 bits per heavy atom. The summed E-state index contributed by atoms with van der Waals surface area (Å²) < 4.78 is 5.54. The van der Waals surface area contributed by atoms with E-state index in [-0.39, 0.29) is 12.5 Å². The normalized spacial score (nSPS) is 11.0. The molecule has 0 aliphatic rings. The molecule has 0 spiro atoms. The molecule has 0 aliphatic heterocycles. The van der Waals surface area contributed by atoms with Crippen LogP contribution in [-0.2, 0) is 9.59 Å². The second-order valence-electron chi connectivity index (χ2n) is 6.02. The van der Waals surface area contributed by atoms with Crippen LogP contribution in [0.25, 0.3) is 10.8 Å². The molecule has 0 radical (unpaired) electrons. The summed E-state index contributed by atoms with van der Waals surface area (Å²) in [4.78, 5) is 23.4. The second-order valence-corrected chi connectivity index (χ2v) is 6.02. The van der Waals surface area contributed by atoms with Crippen LogP contribution in [0.15, 0.2) is 42.5 Å². The minimum absolute atomic E-state index is 0.168. The third-order valence-electron chi connectivity index (χ3n) is 3.11. The molecule has 116 valence electrons. The topological polar surface area (TPSA) is 67.4 Å². The molecule has 0 atom stereocenters. The lowest BCUT2D eigenvalue weighted by Gasteiger charge is -2.18. The van der Waals surface area contributed by atoms with Gasteiger partial charge in [-0.3, -0.25) is 20.4 Å². The summed E-state index contributed by atoms with van der Waals surface area (Å²) in [7, 11) is 0. The highest BCUT2D eigenvalue weighted by Crippen LogP contribution is 2.24. The maximum Gasteiger partial charge on any atom is 0.276 e. The molecule has 2 N–H and O–H groups in total. The Balaban J connectivity index is 1.92. The van der Waals surface area contributed by atoms with E-state index in [0.29, 0.717) is 5.75 Å². The fourth-order valence-electron chi connectivity index (χ4n) is 1.81. The van der Waals surface area contributed by atoms with E-state index in [2.05, 4.69) is 10.9 Å². The summed E-state index contributed by atoms with van der Waals surface area (Å²) in [5, 5.41) is 1.98. The molecule has 2 rings (SSSR count). The molecule has 0 fully saturated rings. The zero-order valence-corrected chi connectivity index (χ0v) is 13.0. The van der Waals surface area contributed by atoms with Gasteiger partial charge in [0.1, 0.15) is 5.75 Å². The lowest BCUT2D eigenvalue weighted by molar-refractivity contribution is -0.134. The lowest BCUT2D eigenvalue weighted by Crippen LogP contribution is -2.48. The van der Waals surface area contributed by atoms with Gasteiger partial charge in [-0.2, -0.15) is 0 Å². The molecule has 5 heteroatoms. The molecular weight excluding hydrogens is 280 g/mol. The predicted molar refractivity (Wildman–Crippen MR) is 85.2 cm³/mol. The number of carbonyl (C=O) groups excluding carboxylic acids is 2. The predicted octanol–water partition coefficient (Wildman–Crippen LogP) is 2.41. The van der Waals surface area contributed by atoms with Gasteiger partial charge in [-0.05, 0) is 11.5 Å². The van der Waals surface area contributed by atoms with E-state index in [1.807, 2.05) is 42.5 Å². The van der Waals surface area contributed by atoms with Crippen molar-refractivity contribution in [2.45, 2.75) is 20.8 Å². The highest BCUT2D eigenvalue weighted by Gasteiger charge is 2.21. The number of ether oxygens (including phenoxy) is 1. The number of amides is 2. The van der Waals surface area contributed by atoms with Gasteiger partial charge in [-0.1, -0.05) is 57.2 Å². The van der Waals surface area contributed by atoms with Crippen molar-refractivity contribution in [1.29, 1.82) is 0 Å². The number of carbonyl (C=O) groups is 2. The van der Waals surface area contributed by atoms with E-state index in [4.69, 9.17) is 4.74 Å². The van der Waals surface area contributed by atoms with E-state index >= 15 is 0 Å². The van der Waals surface area contributed by atoms with E-state index in [9.17, 15) is 9.59 Å². The summed E-state index contributed by atoms with van der Waals surface area (Å²) in [5.41, 5.74) is 4.16. The molecule has 5 nitrogen and oxygen atoms in total. The maximum absolute atomic E-state index is 11.7. The fourth-order valence-corrected chi connectivity index (χ4v) is 1.81. The second kappa shape index (κ2) is 6.47. The Hall–Kier alpha value is -2.56. The van der Waals surface area contributed by atoms with E-state index in [0.717, 1.165) is 10.8 Å². The number of benzene rings is 2. The highest BCUT2D eigenvalue weighted by atomic mass is 16.5. The number of hydrazine groups is 1. The Morgan fingerprint density at radius 3 is 2.41 bits per heavy atom. The number of fused-ring (bicyclic) bond motifs is 1. The van der Waals surface area contributed by atoms with Crippen molar-refractivity contribution in [1.82, 2.24) is 10.9 Å². The largest absolute Gasteiger partial charge is 0.483 e. The summed E-state index contributed by atoms with van der Waals surface area (Å²) in [6.45, 7) is 5.13. The average Bonchev–Trinajstić information content (AvgIpc) is 2.49. The number of rotatable bonds is 3. The maximum atomic E-state index is 11.7. The van der Waals surface area contributed by atoms with E-state index in [1.165, 1.54) is 0 Å². The molecule has 2 aromatic carbocycles. The van der Waals surface area contributed by atoms with Gasteiger partial charge in [0.15, 0.2) is 6.61 Å². The van der Waals surface area contributed by atoms with Crippen LogP contribution in [0.5, 0.6) is 5.75 Å². The Kier molecular flexibility index (Phi) is 4.65. The van der Waals surface area contributed by atoms with Crippen molar-refractivity contribution < 1.29 is 14.3 Å². The smallest absolute Gasteiger partial charge is 0.276 e. The summed E-state index contributed by atoms with van der Waals surface area (Å²) in [5.74, 6) is -0.0352. The summed E-state index contributed by atoms with van der Waals surface area (Å²) >= 11 is 0. The van der Waals surface area contributed by atoms with Gasteiger partial charge in [-0.15, -0.1) is 0 Å². The first kappa shape index (κ1) is 15.8. The Morgan fingerprint density at radius 1 is 1.00 bits per heavy atom. The average molecular weight is 300 g/mol. The van der Waals surface area contributed by atoms with Crippen molar-refractivity contribution >= 4 is 22.6 Å². The minimum atomic E-state index is -0.566. The van der Waals surface area contributed by atoms with Crippen LogP contribution >= 0.6 is 0 Å². The fraction of sp³-hybridized carbons (Fsp3) is 0.294. The first-order valence-corrected chi connectivity index (χ1v) is 7.08. The van der Waals surface area contributed by atoms with Crippen molar-refractivity contribution in [3.8, 4) is 5.75 Å². The van der Waals surface area contributed by atoms with Crippen LogP contribution in [0, 0.1) is 5.41 Å². The number of hydrogen-bond acceptors (Lipinski definition) is 3. The number of hydrogen-bond donors (Lipinski definition) is 2. The van der Waals surface area contributed by atoms with E-state index < -0.39 is 11.3 Å². The summed E-state index contributed by atoms with van der Waals surface area (Å²) in [6.07, 6.45) is 0. The molecular formula is C17H20N2O3. The monoisotopic (exact) mass is 300 g/mol. The van der Waals surface area contributed by atoms with Gasteiger partial charge in [0, 0.05) is 10.8 Å². The molecule has 2 amide bonds. The standard InChI is InChI=1S/C17H20N2O3/c1-17(2,3)16(21)19-18-15(20)11-22-14-10-6-8-12-7-4-5-9-13(12)14/h4-10H,11H2,1-3H3,(H,18,20)(H,19,21). The molecule has 0 heterocycles. The minimum Gasteiger partial charge on any atom is -0.483 e. The van der Waals surface area contributed by atoms with Crippen LogP contribution in [0.2, 0.25) is 0 Å². The zero-order valence-electron chi connectivity index (χ0n) is 13.0. The van der Waals surface area contributed by atoms with Gasteiger partial charge in [-0.25, -0.2) is 0 Å². The molecule has 0 saturated heterocycles. The first-order valence-electron chi connectivity index (χ1n) is 7.08. The summed E-state index contributed by atoms with van der Waals surface area (Å²) in [6, 6.07) is 13.4. The van der Waals surface area contributed by atoms with Crippen LogP contribution < -0.4 is 15.6 Å². The van der Waals surface area contributed by atoms with Crippen molar-refractivity contribution in [3.63, 3.8) is 0 Å². The van der Waals surface area contributed by atoms with Crippen LogP contribution in [0.4, 0.5) is 0 Å². The zero-order chi connectivity index (χ0) is 16.2. The quantitative estimate of drug-likeness (QED) is 0.855. The van der Waals surface area contributed by atoms with Gasteiger partial charge < -0.3 is 4.74 Å². The lowest BCUT2D eigenvalue weighted by atomic mass is 9.96. The third kappa shape index (κ3) is 3.97. The van der Waals surface area contributed by atoms with E-state index in [1.54, 1.807) is 20.8 Å². The van der Waals surface area contributed by atoms with Crippen LogP contribution in [0.3, 0.4) is 0 Å². The van der Waals surface area contributed by atoms with Gasteiger partial charge in [0.05, 0.1) is 0 Å². The van der Waals surface area contributed by atoms with Crippen LogP contribution in [-0.4, -0.2) is 18.4 Å². The molecule has 0 aromatic heterocycles. The Bertz CT molecular complexity index is 684. The molecule has 0 unspecified atom stereocenters. The molecule has 2 aromatic rings. The van der Waals surface area contributed by atoms with Crippen molar-refractivity contribution in [3.05, 3.63) is 42.5 Å². The molecule has 0 saturated carbocycles. The van der Waals surface area contributed by atoms with Gasteiger partial charge in [0.25, 0.3) is 5.91 Å². The molecule has 0 aliphatic carbocycles. The molecule has 22 heavy (non-hydrogen) atoms. The molecule has 0 bridgehead atoms. The number of nitrogens with one attached hydrogen (secondary N) is 2. The van der Waals surface area contributed by atoms with Crippen LogP contribution in [0.1, 0.15) is 20.8 Å².